The average Bonchev–Trinajstić information content (AvgIpc) is 2.39. The van der Waals surface area contributed by atoms with E-state index in [4.69, 9.17) is 14.9 Å². The van der Waals surface area contributed by atoms with E-state index in [9.17, 15) is 4.79 Å². The molecule has 19 heavy (non-hydrogen) atoms. The van der Waals surface area contributed by atoms with Crippen LogP contribution in [0.1, 0.15) is 39.5 Å². The van der Waals surface area contributed by atoms with Crippen LogP contribution in [-0.2, 0) is 14.3 Å². The molecule has 0 aliphatic rings. The lowest BCUT2D eigenvalue weighted by molar-refractivity contribution is -0.139. The number of aliphatic hydroxyl groups is 2. The summed E-state index contributed by atoms with van der Waals surface area (Å²) in [5, 5.41) is 16.2. The van der Waals surface area contributed by atoms with Crippen LogP contribution in [0.2, 0.25) is 0 Å². The Morgan fingerprint density at radius 3 is 2.05 bits per heavy atom. The van der Waals surface area contributed by atoms with E-state index in [0.29, 0.717) is 25.4 Å². The van der Waals surface area contributed by atoms with Gasteiger partial charge in [0, 0.05) is 5.57 Å². The molecule has 0 saturated carbocycles. The molecule has 0 atom stereocenters. The zero-order valence-electron chi connectivity index (χ0n) is 12.2. The number of rotatable bonds is 10. The molecule has 5 heteroatoms. The van der Waals surface area contributed by atoms with Gasteiger partial charge >= 0.3 is 5.97 Å². The Balaban J connectivity index is 0. The van der Waals surface area contributed by atoms with Crippen molar-refractivity contribution >= 4 is 5.97 Å². The fourth-order valence-corrected chi connectivity index (χ4v) is 1.05. The van der Waals surface area contributed by atoms with Crippen molar-refractivity contribution in [3.05, 3.63) is 12.2 Å². The SMILES string of the molecule is C=C(C)C(=O)OCCCCCC.OCCOCCO. The maximum atomic E-state index is 10.9. The molecule has 0 fully saturated rings. The predicted molar refractivity (Wildman–Crippen MR) is 74.9 cm³/mol. The van der Waals surface area contributed by atoms with Gasteiger partial charge in [-0.2, -0.15) is 0 Å². The van der Waals surface area contributed by atoms with Crippen molar-refractivity contribution in [1.29, 1.82) is 0 Å². The molecule has 0 aromatic carbocycles. The van der Waals surface area contributed by atoms with Crippen LogP contribution >= 0.6 is 0 Å². The van der Waals surface area contributed by atoms with Crippen LogP contribution < -0.4 is 0 Å². The van der Waals surface area contributed by atoms with Gasteiger partial charge in [-0.25, -0.2) is 4.79 Å². The standard InChI is InChI=1S/C10H18O2.C4H10O3/c1-4-5-6-7-8-12-10(11)9(2)3;5-1-3-7-4-2-6/h2,4-8H2,1,3H3;5-6H,1-4H2. The molecule has 0 aliphatic heterocycles. The van der Waals surface area contributed by atoms with Crippen molar-refractivity contribution in [2.75, 3.05) is 33.0 Å². The van der Waals surface area contributed by atoms with Gasteiger partial charge in [-0.15, -0.1) is 0 Å². The maximum Gasteiger partial charge on any atom is 0.333 e. The molecule has 0 radical (unpaired) electrons. The predicted octanol–water partition coefficient (Wildman–Crippen LogP) is 1.67. The van der Waals surface area contributed by atoms with Gasteiger partial charge in [0.05, 0.1) is 33.0 Å². The molecule has 0 rings (SSSR count). The Bertz CT molecular complexity index is 212. The first-order chi connectivity index (χ1) is 9.09. The van der Waals surface area contributed by atoms with Gasteiger partial charge in [0.15, 0.2) is 0 Å². The second-order valence-electron chi connectivity index (χ2n) is 4.04. The second-order valence-corrected chi connectivity index (χ2v) is 4.04. The molecule has 5 nitrogen and oxygen atoms in total. The molecule has 0 unspecified atom stereocenters. The Kier molecular flexibility index (Phi) is 18.4. The number of aliphatic hydroxyl groups excluding tert-OH is 2. The molecule has 0 amide bonds. The Labute approximate surface area is 116 Å². The van der Waals surface area contributed by atoms with Gasteiger partial charge in [0.2, 0.25) is 0 Å². The third-order valence-electron chi connectivity index (χ3n) is 2.05. The summed E-state index contributed by atoms with van der Waals surface area (Å²) in [5.74, 6) is -0.272. The molecule has 0 heterocycles. The van der Waals surface area contributed by atoms with Crippen molar-refractivity contribution < 1.29 is 24.5 Å². The summed E-state index contributed by atoms with van der Waals surface area (Å²) in [4.78, 5) is 10.9. The van der Waals surface area contributed by atoms with Gasteiger partial charge in [-0.05, 0) is 13.3 Å². The highest BCUT2D eigenvalue weighted by atomic mass is 16.5. The fraction of sp³-hybridized carbons (Fsp3) is 0.786. The Hall–Kier alpha value is -0.910. The zero-order chi connectivity index (χ0) is 14.9. The zero-order valence-corrected chi connectivity index (χ0v) is 12.2. The van der Waals surface area contributed by atoms with Crippen LogP contribution in [0.25, 0.3) is 0 Å². The van der Waals surface area contributed by atoms with Gasteiger partial charge in [-0.3, -0.25) is 0 Å². The molecule has 0 aromatic rings. The second kappa shape index (κ2) is 17.1. The summed E-state index contributed by atoms with van der Waals surface area (Å²) in [6.07, 6.45) is 4.52. The van der Waals surface area contributed by atoms with E-state index in [-0.39, 0.29) is 19.2 Å². The summed E-state index contributed by atoms with van der Waals surface area (Å²) < 4.78 is 9.54. The van der Waals surface area contributed by atoms with E-state index < -0.39 is 0 Å². The first kappa shape index (κ1) is 20.4. The van der Waals surface area contributed by atoms with Gasteiger partial charge in [0.1, 0.15) is 0 Å². The third kappa shape index (κ3) is 19.6. The van der Waals surface area contributed by atoms with Gasteiger partial charge < -0.3 is 19.7 Å². The van der Waals surface area contributed by atoms with Crippen LogP contribution in [0.3, 0.4) is 0 Å². The normalized spacial score (nSPS) is 9.47. The van der Waals surface area contributed by atoms with Gasteiger partial charge in [-0.1, -0.05) is 32.8 Å². The van der Waals surface area contributed by atoms with Crippen LogP contribution in [0.5, 0.6) is 0 Å². The van der Waals surface area contributed by atoms with E-state index in [2.05, 4.69) is 18.2 Å². The van der Waals surface area contributed by atoms with E-state index in [1.165, 1.54) is 12.8 Å². The highest BCUT2D eigenvalue weighted by molar-refractivity contribution is 5.86. The van der Waals surface area contributed by atoms with Crippen molar-refractivity contribution in [3.63, 3.8) is 0 Å². The molecule has 0 aliphatic carbocycles. The lowest BCUT2D eigenvalue weighted by Crippen LogP contribution is -2.05. The monoisotopic (exact) mass is 276 g/mol. The Morgan fingerprint density at radius 1 is 1.05 bits per heavy atom. The van der Waals surface area contributed by atoms with Crippen LogP contribution in [0.15, 0.2) is 12.2 Å². The quantitative estimate of drug-likeness (QED) is 0.361. The summed E-state index contributed by atoms with van der Waals surface area (Å²) >= 11 is 0. The molecular weight excluding hydrogens is 248 g/mol. The number of carbonyl (C=O) groups is 1. The summed E-state index contributed by atoms with van der Waals surface area (Å²) in [7, 11) is 0. The number of hydrogen-bond acceptors (Lipinski definition) is 5. The minimum atomic E-state index is -0.272. The van der Waals surface area contributed by atoms with Crippen molar-refractivity contribution in [1.82, 2.24) is 0 Å². The molecule has 0 saturated heterocycles. The van der Waals surface area contributed by atoms with E-state index in [0.717, 1.165) is 12.8 Å². The van der Waals surface area contributed by atoms with Crippen molar-refractivity contribution in [3.8, 4) is 0 Å². The van der Waals surface area contributed by atoms with Crippen molar-refractivity contribution in [2.45, 2.75) is 39.5 Å². The number of carbonyl (C=O) groups excluding carboxylic acids is 1. The van der Waals surface area contributed by atoms with Gasteiger partial charge in [0.25, 0.3) is 0 Å². The minimum Gasteiger partial charge on any atom is -0.462 e. The molecule has 2 N–H and O–H groups in total. The average molecular weight is 276 g/mol. The topological polar surface area (TPSA) is 76.0 Å². The molecule has 0 bridgehead atoms. The van der Waals surface area contributed by atoms with Crippen molar-refractivity contribution in [2.24, 2.45) is 0 Å². The first-order valence-corrected chi connectivity index (χ1v) is 6.72. The number of ether oxygens (including phenoxy) is 2. The third-order valence-corrected chi connectivity index (χ3v) is 2.05. The van der Waals surface area contributed by atoms with Crippen LogP contribution in [-0.4, -0.2) is 49.2 Å². The molecular formula is C14H28O5. The van der Waals surface area contributed by atoms with E-state index in [1.54, 1.807) is 6.92 Å². The molecule has 0 spiro atoms. The summed E-state index contributed by atoms with van der Waals surface area (Å²) in [5.41, 5.74) is 0.477. The summed E-state index contributed by atoms with van der Waals surface area (Å²) in [6.45, 7) is 8.54. The summed E-state index contributed by atoms with van der Waals surface area (Å²) in [6, 6.07) is 0. The Morgan fingerprint density at radius 2 is 1.63 bits per heavy atom. The number of unbranched alkanes of at least 4 members (excludes halogenated alkanes) is 3. The first-order valence-electron chi connectivity index (χ1n) is 6.72. The fourth-order valence-electron chi connectivity index (χ4n) is 1.05. The van der Waals surface area contributed by atoms with Crippen LogP contribution in [0, 0.1) is 0 Å². The van der Waals surface area contributed by atoms with E-state index in [1.807, 2.05) is 0 Å². The highest BCUT2D eigenvalue weighted by Crippen LogP contribution is 2.00. The maximum absolute atomic E-state index is 10.9. The van der Waals surface area contributed by atoms with E-state index >= 15 is 0 Å². The lowest BCUT2D eigenvalue weighted by Gasteiger charge is -2.02. The number of esters is 1. The highest BCUT2D eigenvalue weighted by Gasteiger charge is 2.00. The van der Waals surface area contributed by atoms with Crippen LogP contribution in [0.4, 0.5) is 0 Å². The molecule has 114 valence electrons. The lowest BCUT2D eigenvalue weighted by atomic mass is 10.2. The number of hydrogen-bond donors (Lipinski definition) is 2. The minimum absolute atomic E-state index is 0.0278. The smallest absolute Gasteiger partial charge is 0.333 e. The molecule has 0 aromatic heterocycles. The largest absolute Gasteiger partial charge is 0.462 e.